The smallest absolute Gasteiger partial charge is 0.241 e. The molecule has 1 unspecified atom stereocenters. The van der Waals surface area contributed by atoms with Crippen LogP contribution in [0.3, 0.4) is 0 Å². The highest BCUT2D eigenvalue weighted by atomic mass is 32.2. The minimum absolute atomic E-state index is 0.147. The molecular formula is C15H22N2O3S. The second-order valence-corrected chi connectivity index (χ2v) is 8.08. The van der Waals surface area contributed by atoms with Gasteiger partial charge >= 0.3 is 0 Å². The van der Waals surface area contributed by atoms with Crippen LogP contribution in [0.25, 0.3) is 0 Å². The average molecular weight is 310 g/mol. The van der Waals surface area contributed by atoms with Crippen molar-refractivity contribution in [3.05, 3.63) is 30.3 Å². The second kappa shape index (κ2) is 6.15. The minimum Gasteiger partial charge on any atom is -0.352 e. The largest absolute Gasteiger partial charge is 0.352 e. The molecular weight excluding hydrogens is 288 g/mol. The standard InChI is InChI=1S/C15H22N2O3S/c1-15(2)9-8-12(10-15)17-14(18)11-16-21(19,20)13-6-4-3-5-7-13/h3-7,12,16H,8-11H2,1-2H3,(H,17,18). The van der Waals surface area contributed by atoms with E-state index in [0.717, 1.165) is 19.3 Å². The molecule has 1 aliphatic carbocycles. The van der Waals surface area contributed by atoms with Crippen molar-refractivity contribution in [3.63, 3.8) is 0 Å². The van der Waals surface area contributed by atoms with Crippen LogP contribution in [-0.4, -0.2) is 26.9 Å². The zero-order valence-electron chi connectivity index (χ0n) is 12.4. The SMILES string of the molecule is CC1(C)CCC(NC(=O)CNS(=O)(=O)c2ccccc2)C1. The van der Waals surface area contributed by atoms with E-state index in [1.54, 1.807) is 18.2 Å². The molecule has 1 aliphatic rings. The number of benzene rings is 1. The maximum Gasteiger partial charge on any atom is 0.241 e. The predicted molar refractivity (Wildman–Crippen MR) is 81.2 cm³/mol. The molecule has 2 N–H and O–H groups in total. The molecule has 0 bridgehead atoms. The molecule has 1 aromatic carbocycles. The first kappa shape index (κ1) is 16.0. The summed E-state index contributed by atoms with van der Waals surface area (Å²) in [4.78, 5) is 12.0. The van der Waals surface area contributed by atoms with Crippen molar-refractivity contribution >= 4 is 15.9 Å². The first-order chi connectivity index (χ1) is 9.78. The van der Waals surface area contributed by atoms with Gasteiger partial charge in [0.2, 0.25) is 15.9 Å². The van der Waals surface area contributed by atoms with Crippen molar-refractivity contribution < 1.29 is 13.2 Å². The highest BCUT2D eigenvalue weighted by Gasteiger charge is 2.31. The molecule has 2 rings (SSSR count). The molecule has 0 aliphatic heterocycles. The summed E-state index contributed by atoms with van der Waals surface area (Å²) in [6.07, 6.45) is 2.96. The van der Waals surface area contributed by atoms with E-state index in [1.807, 2.05) is 0 Å². The van der Waals surface area contributed by atoms with E-state index in [2.05, 4.69) is 23.9 Å². The van der Waals surface area contributed by atoms with Crippen LogP contribution in [0.4, 0.5) is 0 Å². The Bertz CT molecular complexity index is 597. The van der Waals surface area contributed by atoms with Gasteiger partial charge < -0.3 is 5.32 Å². The van der Waals surface area contributed by atoms with Crippen molar-refractivity contribution in [2.45, 2.75) is 44.0 Å². The number of hydrogen-bond acceptors (Lipinski definition) is 3. The fourth-order valence-electron chi connectivity index (χ4n) is 2.68. The van der Waals surface area contributed by atoms with Crippen LogP contribution in [0.5, 0.6) is 0 Å². The van der Waals surface area contributed by atoms with Crippen LogP contribution < -0.4 is 10.0 Å². The molecule has 6 heteroatoms. The normalized spacial score (nSPS) is 21.1. The van der Waals surface area contributed by atoms with Gasteiger partial charge in [0.15, 0.2) is 0 Å². The average Bonchev–Trinajstić information content (AvgIpc) is 2.77. The zero-order valence-corrected chi connectivity index (χ0v) is 13.2. The molecule has 116 valence electrons. The molecule has 5 nitrogen and oxygen atoms in total. The third kappa shape index (κ3) is 4.54. The van der Waals surface area contributed by atoms with Crippen molar-refractivity contribution in [3.8, 4) is 0 Å². The summed E-state index contributed by atoms with van der Waals surface area (Å²) in [5, 5.41) is 2.89. The summed E-state index contributed by atoms with van der Waals surface area (Å²) in [6, 6.07) is 8.19. The van der Waals surface area contributed by atoms with Gasteiger partial charge in [-0.25, -0.2) is 13.1 Å². The third-order valence-corrected chi connectivity index (χ3v) is 5.23. The Hall–Kier alpha value is -1.40. The fraction of sp³-hybridized carbons (Fsp3) is 0.533. The van der Waals surface area contributed by atoms with Gasteiger partial charge in [-0.05, 0) is 36.8 Å². The van der Waals surface area contributed by atoms with E-state index >= 15 is 0 Å². The van der Waals surface area contributed by atoms with Crippen LogP contribution in [-0.2, 0) is 14.8 Å². The summed E-state index contributed by atoms with van der Waals surface area (Å²) < 4.78 is 26.3. The van der Waals surface area contributed by atoms with Gasteiger partial charge in [-0.3, -0.25) is 4.79 Å². The molecule has 0 saturated heterocycles. The summed E-state index contributed by atoms with van der Waals surface area (Å²) in [7, 11) is -3.62. The number of nitrogens with one attached hydrogen (secondary N) is 2. The quantitative estimate of drug-likeness (QED) is 0.868. The maximum atomic E-state index is 12.0. The molecule has 1 saturated carbocycles. The number of carbonyl (C=O) groups is 1. The van der Waals surface area contributed by atoms with Gasteiger partial charge in [-0.1, -0.05) is 32.0 Å². The molecule has 0 spiro atoms. The van der Waals surface area contributed by atoms with Crippen molar-refractivity contribution in [2.75, 3.05) is 6.54 Å². The number of amides is 1. The predicted octanol–water partition coefficient (Wildman–Crippen LogP) is 1.66. The lowest BCUT2D eigenvalue weighted by molar-refractivity contribution is -0.120. The van der Waals surface area contributed by atoms with Crippen molar-refractivity contribution in [1.82, 2.24) is 10.0 Å². The number of rotatable bonds is 5. The van der Waals surface area contributed by atoms with Gasteiger partial charge in [0.05, 0.1) is 11.4 Å². The summed E-state index contributed by atoms with van der Waals surface area (Å²) in [5.41, 5.74) is 0.251. The Morgan fingerprint density at radius 3 is 2.52 bits per heavy atom. The van der Waals surface area contributed by atoms with E-state index in [1.165, 1.54) is 12.1 Å². The molecule has 0 radical (unpaired) electrons. The first-order valence-electron chi connectivity index (χ1n) is 7.13. The number of hydrogen-bond donors (Lipinski definition) is 2. The Morgan fingerprint density at radius 2 is 1.95 bits per heavy atom. The molecule has 0 aromatic heterocycles. The molecule has 1 fully saturated rings. The monoisotopic (exact) mass is 310 g/mol. The zero-order chi connectivity index (χ0) is 15.5. The lowest BCUT2D eigenvalue weighted by Gasteiger charge is -2.18. The van der Waals surface area contributed by atoms with Gasteiger partial charge in [-0.15, -0.1) is 0 Å². The number of sulfonamides is 1. The first-order valence-corrected chi connectivity index (χ1v) is 8.61. The van der Waals surface area contributed by atoms with Crippen molar-refractivity contribution in [2.24, 2.45) is 5.41 Å². The molecule has 1 atom stereocenters. The van der Waals surface area contributed by atoms with Gasteiger partial charge in [0.25, 0.3) is 0 Å². The van der Waals surface area contributed by atoms with E-state index in [0.29, 0.717) is 0 Å². The Kier molecular flexibility index (Phi) is 4.68. The van der Waals surface area contributed by atoms with Crippen LogP contribution in [0.15, 0.2) is 35.2 Å². The van der Waals surface area contributed by atoms with Crippen molar-refractivity contribution in [1.29, 1.82) is 0 Å². The van der Waals surface area contributed by atoms with Gasteiger partial charge in [-0.2, -0.15) is 0 Å². The van der Waals surface area contributed by atoms with E-state index in [4.69, 9.17) is 0 Å². The molecule has 1 amide bonds. The molecule has 21 heavy (non-hydrogen) atoms. The molecule has 0 heterocycles. The van der Waals surface area contributed by atoms with Crippen LogP contribution >= 0.6 is 0 Å². The summed E-state index contributed by atoms with van der Waals surface area (Å²) >= 11 is 0. The van der Waals surface area contributed by atoms with E-state index in [-0.39, 0.29) is 28.8 Å². The number of carbonyl (C=O) groups excluding carboxylic acids is 1. The highest BCUT2D eigenvalue weighted by molar-refractivity contribution is 7.89. The van der Waals surface area contributed by atoms with Gasteiger partial charge in [0.1, 0.15) is 0 Å². The summed E-state index contributed by atoms with van der Waals surface area (Å²) in [5.74, 6) is -0.280. The fourth-order valence-corrected chi connectivity index (χ4v) is 3.68. The van der Waals surface area contributed by atoms with Gasteiger partial charge in [0, 0.05) is 6.04 Å². The Balaban J connectivity index is 1.84. The highest BCUT2D eigenvalue weighted by Crippen LogP contribution is 2.36. The minimum atomic E-state index is -3.62. The van der Waals surface area contributed by atoms with Crippen LogP contribution in [0.1, 0.15) is 33.1 Å². The second-order valence-electron chi connectivity index (χ2n) is 6.31. The topological polar surface area (TPSA) is 75.3 Å². The Morgan fingerprint density at radius 1 is 1.29 bits per heavy atom. The lowest BCUT2D eigenvalue weighted by atomic mass is 9.92. The van der Waals surface area contributed by atoms with E-state index < -0.39 is 10.0 Å². The van der Waals surface area contributed by atoms with Crippen LogP contribution in [0.2, 0.25) is 0 Å². The lowest BCUT2D eigenvalue weighted by Crippen LogP contribution is -2.41. The van der Waals surface area contributed by atoms with Crippen LogP contribution in [0, 0.1) is 5.41 Å². The Labute approximate surface area is 126 Å². The molecule has 1 aromatic rings. The maximum absolute atomic E-state index is 12.0. The summed E-state index contributed by atoms with van der Waals surface area (Å²) in [6.45, 7) is 4.13. The third-order valence-electron chi connectivity index (χ3n) is 3.81. The van der Waals surface area contributed by atoms with E-state index in [9.17, 15) is 13.2 Å².